The lowest BCUT2D eigenvalue weighted by molar-refractivity contribution is 0.800. The summed E-state index contributed by atoms with van der Waals surface area (Å²) in [4.78, 5) is 5.29. The van der Waals surface area contributed by atoms with Crippen molar-refractivity contribution in [3.8, 4) is 10.6 Å². The highest BCUT2D eigenvalue weighted by Gasteiger charge is 2.15. The van der Waals surface area contributed by atoms with Gasteiger partial charge in [0.15, 0.2) is 5.15 Å². The van der Waals surface area contributed by atoms with Crippen molar-refractivity contribution in [3.05, 3.63) is 26.9 Å². The number of nitrogens with zero attached hydrogens (tertiary/aromatic N) is 2. The number of imidazole rings is 1. The lowest BCUT2D eigenvalue weighted by Gasteiger charge is -2.01. The van der Waals surface area contributed by atoms with Gasteiger partial charge in [-0.1, -0.05) is 11.6 Å². The number of hydrogen-bond acceptors (Lipinski definition) is 3. The molecule has 2 aromatic rings. The zero-order valence-electron chi connectivity index (χ0n) is 8.00. The van der Waals surface area contributed by atoms with Crippen molar-refractivity contribution in [2.24, 2.45) is 12.8 Å². The third-order valence-corrected chi connectivity index (χ3v) is 4.09. The Morgan fingerprint density at radius 1 is 1.67 bits per heavy atom. The van der Waals surface area contributed by atoms with Crippen LogP contribution in [0.15, 0.2) is 15.9 Å². The molecular formula is C9H9BrClN3S. The number of hydrogen-bond donors (Lipinski definition) is 1. The Morgan fingerprint density at radius 3 is 2.87 bits per heavy atom. The molecule has 0 aliphatic rings. The van der Waals surface area contributed by atoms with Gasteiger partial charge in [-0.3, -0.25) is 0 Å². The predicted octanol–water partition coefficient (Wildman–Crippen LogP) is 3.02. The second kappa shape index (κ2) is 4.25. The molecule has 0 spiro atoms. The predicted molar refractivity (Wildman–Crippen MR) is 67.1 cm³/mol. The number of nitrogens with two attached hydrogens (primary N) is 1. The van der Waals surface area contributed by atoms with E-state index in [4.69, 9.17) is 17.3 Å². The van der Waals surface area contributed by atoms with Crippen molar-refractivity contribution in [1.29, 1.82) is 0 Å². The quantitative estimate of drug-likeness (QED) is 0.927. The molecule has 0 atom stereocenters. The molecular weight excluding hydrogens is 298 g/mol. The third kappa shape index (κ3) is 1.97. The molecule has 0 radical (unpaired) electrons. The highest BCUT2D eigenvalue weighted by molar-refractivity contribution is 9.10. The zero-order valence-corrected chi connectivity index (χ0v) is 11.2. The minimum absolute atomic E-state index is 0.392. The Balaban J connectivity index is 2.57. The molecule has 2 heterocycles. The first-order valence-corrected chi connectivity index (χ1v) is 6.34. The average molecular weight is 307 g/mol. The van der Waals surface area contributed by atoms with Gasteiger partial charge in [-0.05, 0) is 22.0 Å². The molecule has 0 unspecified atom stereocenters. The van der Waals surface area contributed by atoms with Crippen molar-refractivity contribution in [1.82, 2.24) is 9.55 Å². The second-order valence-electron chi connectivity index (χ2n) is 3.06. The van der Waals surface area contributed by atoms with Crippen LogP contribution in [-0.2, 0) is 13.6 Å². The van der Waals surface area contributed by atoms with Crippen LogP contribution in [0.1, 0.15) is 5.82 Å². The van der Waals surface area contributed by atoms with E-state index in [0.717, 1.165) is 20.9 Å². The van der Waals surface area contributed by atoms with E-state index in [0.29, 0.717) is 11.7 Å². The molecule has 2 aromatic heterocycles. The van der Waals surface area contributed by atoms with Gasteiger partial charge in [0.05, 0.1) is 17.1 Å². The summed E-state index contributed by atoms with van der Waals surface area (Å²) in [5.74, 6) is 0.791. The van der Waals surface area contributed by atoms with Crippen LogP contribution in [0.2, 0.25) is 5.15 Å². The minimum Gasteiger partial charge on any atom is -0.328 e. The van der Waals surface area contributed by atoms with E-state index in [1.54, 1.807) is 11.3 Å². The van der Waals surface area contributed by atoms with E-state index in [1.165, 1.54) is 0 Å². The van der Waals surface area contributed by atoms with Crippen LogP contribution in [0.3, 0.4) is 0 Å². The molecule has 0 saturated heterocycles. The first-order valence-electron chi connectivity index (χ1n) is 4.29. The molecule has 0 fully saturated rings. The maximum absolute atomic E-state index is 6.08. The normalized spacial score (nSPS) is 10.9. The molecule has 0 saturated carbocycles. The second-order valence-corrected chi connectivity index (χ2v) is 5.24. The van der Waals surface area contributed by atoms with Crippen molar-refractivity contribution >= 4 is 38.9 Å². The third-order valence-electron chi connectivity index (χ3n) is 2.13. The summed E-state index contributed by atoms with van der Waals surface area (Å²) in [7, 11) is 1.92. The standard InChI is InChI=1S/C9H9BrClN3S/c1-14-7(3-12)13-9(11)8(14)6-2-5(10)4-15-6/h2,4H,3,12H2,1H3. The molecule has 6 heteroatoms. The minimum atomic E-state index is 0.392. The maximum Gasteiger partial charge on any atom is 0.156 e. The molecule has 0 bridgehead atoms. The number of halogens is 2. The number of thiophene rings is 1. The first kappa shape index (κ1) is 11.1. The molecule has 15 heavy (non-hydrogen) atoms. The van der Waals surface area contributed by atoms with E-state index in [-0.39, 0.29) is 0 Å². The van der Waals surface area contributed by atoms with Crippen LogP contribution in [0, 0.1) is 0 Å². The Hall–Kier alpha value is -0.360. The molecule has 2 N–H and O–H groups in total. The number of aromatic nitrogens is 2. The van der Waals surface area contributed by atoms with E-state index >= 15 is 0 Å². The molecule has 0 amide bonds. The van der Waals surface area contributed by atoms with Gasteiger partial charge >= 0.3 is 0 Å². The Kier molecular flexibility index (Phi) is 3.16. The van der Waals surface area contributed by atoms with E-state index in [9.17, 15) is 0 Å². The highest BCUT2D eigenvalue weighted by Crippen LogP contribution is 2.34. The maximum atomic E-state index is 6.08. The van der Waals surface area contributed by atoms with Gasteiger partial charge in [0.1, 0.15) is 5.82 Å². The molecule has 80 valence electrons. The largest absolute Gasteiger partial charge is 0.328 e. The molecule has 0 aromatic carbocycles. The van der Waals surface area contributed by atoms with Gasteiger partial charge in [-0.2, -0.15) is 0 Å². The molecule has 0 aliphatic carbocycles. The molecule has 3 nitrogen and oxygen atoms in total. The topological polar surface area (TPSA) is 43.8 Å². The molecule has 0 aliphatic heterocycles. The molecule has 2 rings (SSSR count). The summed E-state index contributed by atoms with van der Waals surface area (Å²) in [5, 5.41) is 2.52. The fraction of sp³-hybridized carbons (Fsp3) is 0.222. The fourth-order valence-corrected chi connectivity index (χ4v) is 3.29. The summed E-state index contributed by atoms with van der Waals surface area (Å²) >= 11 is 11.1. The van der Waals surface area contributed by atoms with Crippen LogP contribution < -0.4 is 5.73 Å². The van der Waals surface area contributed by atoms with Crippen LogP contribution in [-0.4, -0.2) is 9.55 Å². The smallest absolute Gasteiger partial charge is 0.156 e. The van der Waals surface area contributed by atoms with Gasteiger partial charge in [0, 0.05) is 16.9 Å². The van der Waals surface area contributed by atoms with Crippen LogP contribution in [0.5, 0.6) is 0 Å². The first-order chi connectivity index (χ1) is 7.13. The highest BCUT2D eigenvalue weighted by atomic mass is 79.9. The Morgan fingerprint density at radius 2 is 2.40 bits per heavy atom. The summed E-state index contributed by atoms with van der Waals surface area (Å²) < 4.78 is 2.98. The summed E-state index contributed by atoms with van der Waals surface area (Å²) in [5.41, 5.74) is 6.49. The van der Waals surface area contributed by atoms with Crippen LogP contribution in [0.4, 0.5) is 0 Å². The van der Waals surface area contributed by atoms with Crippen molar-refractivity contribution in [3.63, 3.8) is 0 Å². The Bertz CT molecular complexity index is 492. The summed E-state index contributed by atoms with van der Waals surface area (Å²) in [6.07, 6.45) is 0. The Labute approximate surface area is 105 Å². The van der Waals surface area contributed by atoms with Gasteiger partial charge < -0.3 is 10.3 Å². The van der Waals surface area contributed by atoms with Crippen molar-refractivity contribution < 1.29 is 0 Å². The van der Waals surface area contributed by atoms with Gasteiger partial charge in [-0.25, -0.2) is 4.98 Å². The lowest BCUT2D eigenvalue weighted by Crippen LogP contribution is -2.05. The van der Waals surface area contributed by atoms with Crippen LogP contribution >= 0.6 is 38.9 Å². The van der Waals surface area contributed by atoms with Crippen molar-refractivity contribution in [2.75, 3.05) is 0 Å². The SMILES string of the molecule is Cn1c(CN)nc(Cl)c1-c1cc(Br)cs1. The van der Waals surface area contributed by atoms with Gasteiger partial charge in [0.2, 0.25) is 0 Å². The average Bonchev–Trinajstić information content (AvgIpc) is 2.71. The summed E-state index contributed by atoms with van der Waals surface area (Å²) in [6, 6.07) is 2.02. The van der Waals surface area contributed by atoms with E-state index in [1.807, 2.05) is 23.1 Å². The van der Waals surface area contributed by atoms with Gasteiger partial charge in [0.25, 0.3) is 0 Å². The van der Waals surface area contributed by atoms with Crippen molar-refractivity contribution in [2.45, 2.75) is 6.54 Å². The lowest BCUT2D eigenvalue weighted by atomic mass is 10.4. The van der Waals surface area contributed by atoms with E-state index in [2.05, 4.69) is 20.9 Å². The van der Waals surface area contributed by atoms with Gasteiger partial charge in [-0.15, -0.1) is 11.3 Å². The monoisotopic (exact) mass is 305 g/mol. The zero-order chi connectivity index (χ0) is 11.0. The number of rotatable bonds is 2. The fourth-order valence-electron chi connectivity index (χ4n) is 1.40. The summed E-state index contributed by atoms with van der Waals surface area (Å²) in [6.45, 7) is 0.392. The van der Waals surface area contributed by atoms with E-state index < -0.39 is 0 Å². The van der Waals surface area contributed by atoms with Crippen LogP contribution in [0.25, 0.3) is 10.6 Å².